The number of fused-ring (bicyclic) bond motifs is 2. The van der Waals surface area contributed by atoms with Crippen molar-refractivity contribution in [2.24, 2.45) is 0 Å². The monoisotopic (exact) mass is 301 g/mol. The minimum absolute atomic E-state index is 0.189. The number of benzene rings is 3. The molecule has 0 saturated heterocycles. The molecule has 1 aliphatic heterocycles. The molecule has 3 nitrogen and oxygen atoms in total. The lowest BCUT2D eigenvalue weighted by Crippen LogP contribution is -2.31. The lowest BCUT2D eigenvalue weighted by atomic mass is 10.0. The number of carbonyl (C=O) groups is 2. The van der Waals surface area contributed by atoms with Crippen LogP contribution in [0.4, 0.5) is 0 Å². The average Bonchev–Trinajstić information content (AvgIpc) is 2.84. The third-order valence-corrected chi connectivity index (χ3v) is 4.36. The Bertz CT molecular complexity index is 889. The van der Waals surface area contributed by atoms with Gasteiger partial charge in [-0.3, -0.25) is 14.5 Å². The first-order valence-electron chi connectivity index (χ1n) is 7.67. The molecule has 0 saturated carbocycles. The van der Waals surface area contributed by atoms with Gasteiger partial charge in [-0.1, -0.05) is 54.6 Å². The fraction of sp³-hybridized carbons (Fsp3) is 0.100. The second kappa shape index (κ2) is 5.36. The molecular formula is C20H15NO2. The van der Waals surface area contributed by atoms with Crippen molar-refractivity contribution in [3.63, 3.8) is 0 Å². The summed E-state index contributed by atoms with van der Waals surface area (Å²) in [4.78, 5) is 26.1. The topological polar surface area (TPSA) is 37.4 Å². The number of nitrogens with zero attached hydrogens (tertiary/aromatic N) is 1. The van der Waals surface area contributed by atoms with Crippen LogP contribution in [0.5, 0.6) is 0 Å². The highest BCUT2D eigenvalue weighted by Crippen LogP contribution is 2.24. The maximum Gasteiger partial charge on any atom is 0.261 e. The highest BCUT2D eigenvalue weighted by Gasteiger charge is 2.34. The van der Waals surface area contributed by atoms with Gasteiger partial charge in [-0.05, 0) is 34.9 Å². The van der Waals surface area contributed by atoms with Gasteiger partial charge in [0.1, 0.15) is 0 Å². The zero-order valence-electron chi connectivity index (χ0n) is 12.5. The summed E-state index contributed by atoms with van der Waals surface area (Å²) >= 11 is 0. The molecule has 3 heteroatoms. The van der Waals surface area contributed by atoms with E-state index >= 15 is 0 Å². The van der Waals surface area contributed by atoms with E-state index in [0.717, 1.165) is 5.56 Å². The van der Waals surface area contributed by atoms with Gasteiger partial charge in [0, 0.05) is 6.54 Å². The Labute approximate surface area is 134 Å². The fourth-order valence-electron chi connectivity index (χ4n) is 3.18. The van der Waals surface area contributed by atoms with Crippen LogP contribution < -0.4 is 0 Å². The van der Waals surface area contributed by atoms with Crippen molar-refractivity contribution in [1.82, 2.24) is 4.90 Å². The van der Waals surface area contributed by atoms with Crippen molar-refractivity contribution in [2.75, 3.05) is 6.54 Å². The molecule has 3 aromatic carbocycles. The minimum atomic E-state index is -0.189. The van der Waals surface area contributed by atoms with E-state index in [1.807, 2.05) is 18.2 Å². The average molecular weight is 301 g/mol. The highest BCUT2D eigenvalue weighted by molar-refractivity contribution is 6.21. The summed E-state index contributed by atoms with van der Waals surface area (Å²) in [6.07, 6.45) is 0.660. The first kappa shape index (κ1) is 13.7. The van der Waals surface area contributed by atoms with Gasteiger partial charge in [0.05, 0.1) is 11.1 Å². The number of imide groups is 1. The van der Waals surface area contributed by atoms with E-state index in [1.54, 1.807) is 24.3 Å². The zero-order chi connectivity index (χ0) is 15.8. The van der Waals surface area contributed by atoms with Crippen molar-refractivity contribution in [3.8, 4) is 0 Å². The molecule has 0 radical (unpaired) electrons. The van der Waals surface area contributed by atoms with Gasteiger partial charge in [0.2, 0.25) is 0 Å². The van der Waals surface area contributed by atoms with Crippen LogP contribution in [0.3, 0.4) is 0 Å². The smallest absolute Gasteiger partial charge is 0.261 e. The molecule has 0 fully saturated rings. The van der Waals surface area contributed by atoms with Crippen LogP contribution in [0.15, 0.2) is 66.7 Å². The van der Waals surface area contributed by atoms with Crippen LogP contribution in [-0.4, -0.2) is 23.3 Å². The molecule has 0 atom stereocenters. The molecule has 0 aliphatic carbocycles. The second-order valence-corrected chi connectivity index (χ2v) is 5.70. The summed E-state index contributed by atoms with van der Waals surface area (Å²) in [7, 11) is 0. The number of amides is 2. The molecule has 0 aromatic heterocycles. The fourth-order valence-corrected chi connectivity index (χ4v) is 3.18. The normalized spacial score (nSPS) is 13.7. The Morgan fingerprint density at radius 1 is 0.696 bits per heavy atom. The second-order valence-electron chi connectivity index (χ2n) is 5.70. The van der Waals surface area contributed by atoms with Gasteiger partial charge in [-0.2, -0.15) is 0 Å². The van der Waals surface area contributed by atoms with Crippen LogP contribution in [0.1, 0.15) is 26.3 Å². The quantitative estimate of drug-likeness (QED) is 0.692. The van der Waals surface area contributed by atoms with E-state index in [-0.39, 0.29) is 11.8 Å². The lowest BCUT2D eigenvalue weighted by molar-refractivity contribution is 0.0656. The molecular weight excluding hydrogens is 286 g/mol. The molecule has 23 heavy (non-hydrogen) atoms. The van der Waals surface area contributed by atoms with E-state index in [2.05, 4.69) is 24.3 Å². The summed E-state index contributed by atoms with van der Waals surface area (Å²) in [5.74, 6) is -0.378. The van der Waals surface area contributed by atoms with Gasteiger partial charge in [0.15, 0.2) is 0 Å². The summed E-state index contributed by atoms with van der Waals surface area (Å²) in [5, 5.41) is 2.35. The van der Waals surface area contributed by atoms with Gasteiger partial charge >= 0.3 is 0 Å². The molecule has 0 N–H and O–H groups in total. The minimum Gasteiger partial charge on any atom is -0.274 e. The standard InChI is InChI=1S/C20H15NO2/c22-19-17-10-3-4-11-18(17)20(23)21(19)13-12-15-8-5-7-14-6-1-2-9-16(14)15/h1-11H,12-13H2. The van der Waals surface area contributed by atoms with Gasteiger partial charge in [-0.15, -0.1) is 0 Å². The van der Waals surface area contributed by atoms with Crippen molar-refractivity contribution < 1.29 is 9.59 Å². The Morgan fingerprint density at radius 2 is 1.30 bits per heavy atom. The molecule has 112 valence electrons. The van der Waals surface area contributed by atoms with E-state index in [0.29, 0.717) is 24.1 Å². The first-order chi connectivity index (χ1) is 11.3. The predicted octanol–water partition coefficient (Wildman–Crippen LogP) is 3.68. The largest absolute Gasteiger partial charge is 0.274 e. The summed E-state index contributed by atoms with van der Waals surface area (Å²) in [6.45, 7) is 0.403. The van der Waals surface area contributed by atoms with Gasteiger partial charge in [-0.25, -0.2) is 0 Å². The molecule has 2 amide bonds. The molecule has 1 aliphatic rings. The third kappa shape index (κ3) is 2.21. The van der Waals surface area contributed by atoms with Crippen molar-refractivity contribution in [1.29, 1.82) is 0 Å². The summed E-state index contributed by atoms with van der Waals surface area (Å²) < 4.78 is 0. The van der Waals surface area contributed by atoms with E-state index in [9.17, 15) is 9.59 Å². The lowest BCUT2D eigenvalue weighted by Gasteiger charge is -2.14. The molecule has 0 spiro atoms. The van der Waals surface area contributed by atoms with Crippen molar-refractivity contribution >= 4 is 22.6 Å². The molecule has 0 bridgehead atoms. The predicted molar refractivity (Wildman–Crippen MR) is 89.5 cm³/mol. The molecule has 4 rings (SSSR count). The SMILES string of the molecule is O=C1c2ccccc2C(=O)N1CCc1cccc2ccccc12. The Hall–Kier alpha value is -2.94. The van der Waals surface area contributed by atoms with Crippen LogP contribution in [-0.2, 0) is 6.42 Å². The summed E-state index contributed by atoms with van der Waals surface area (Å²) in [5.41, 5.74) is 2.17. The maximum atomic E-state index is 12.4. The third-order valence-electron chi connectivity index (χ3n) is 4.36. The Balaban J connectivity index is 1.60. The van der Waals surface area contributed by atoms with Gasteiger partial charge in [0.25, 0.3) is 11.8 Å². The van der Waals surface area contributed by atoms with Crippen LogP contribution in [0.25, 0.3) is 10.8 Å². The van der Waals surface area contributed by atoms with E-state index in [4.69, 9.17) is 0 Å². The summed E-state index contributed by atoms with van der Waals surface area (Å²) in [6, 6.07) is 21.3. The van der Waals surface area contributed by atoms with Crippen LogP contribution >= 0.6 is 0 Å². The van der Waals surface area contributed by atoms with Gasteiger partial charge < -0.3 is 0 Å². The molecule has 3 aromatic rings. The number of carbonyl (C=O) groups excluding carboxylic acids is 2. The molecule has 1 heterocycles. The number of rotatable bonds is 3. The number of hydrogen-bond donors (Lipinski definition) is 0. The highest BCUT2D eigenvalue weighted by atomic mass is 16.2. The first-order valence-corrected chi connectivity index (χ1v) is 7.67. The van der Waals surface area contributed by atoms with E-state index in [1.165, 1.54) is 15.7 Å². The Kier molecular flexibility index (Phi) is 3.19. The molecule has 0 unspecified atom stereocenters. The van der Waals surface area contributed by atoms with Crippen LogP contribution in [0, 0.1) is 0 Å². The van der Waals surface area contributed by atoms with E-state index < -0.39 is 0 Å². The van der Waals surface area contributed by atoms with Crippen molar-refractivity contribution in [3.05, 3.63) is 83.4 Å². The maximum absolute atomic E-state index is 12.4. The van der Waals surface area contributed by atoms with Crippen molar-refractivity contribution in [2.45, 2.75) is 6.42 Å². The zero-order valence-corrected chi connectivity index (χ0v) is 12.5. The Morgan fingerprint density at radius 3 is 2.04 bits per heavy atom. The number of hydrogen-bond acceptors (Lipinski definition) is 2. The van der Waals surface area contributed by atoms with Crippen LogP contribution in [0.2, 0.25) is 0 Å².